The van der Waals surface area contributed by atoms with E-state index in [0.717, 1.165) is 41.8 Å². The minimum atomic E-state index is -0.264. The lowest BCUT2D eigenvalue weighted by molar-refractivity contribution is 0.0712. The molecule has 3 heterocycles. The number of nitrogens with one attached hydrogen (secondary N) is 1. The van der Waals surface area contributed by atoms with E-state index >= 15 is 0 Å². The van der Waals surface area contributed by atoms with E-state index in [2.05, 4.69) is 53.5 Å². The van der Waals surface area contributed by atoms with Crippen molar-refractivity contribution in [2.45, 2.75) is 39.0 Å². The van der Waals surface area contributed by atoms with Gasteiger partial charge in [-0.25, -0.2) is 0 Å². The second-order valence-electron chi connectivity index (χ2n) is 12.3. The Morgan fingerprint density at radius 3 is 2.36 bits per heavy atom. The number of likely N-dealkylation sites (tertiary alicyclic amines) is 1. The van der Waals surface area contributed by atoms with Gasteiger partial charge in [-0.15, -0.1) is 0 Å². The Bertz CT molecular complexity index is 1590. The number of nitrogens with zero attached hydrogens (tertiary/aromatic N) is 5. The molecule has 0 spiro atoms. The highest BCUT2D eigenvalue weighted by atomic mass is 16.5. The van der Waals surface area contributed by atoms with Crippen molar-refractivity contribution >= 4 is 23.2 Å². The standard InChI is InChI=1S/C36H44N6O3/c1-25(2)20-32-12-10-30(22-37-32)35(43)39-33-21-29(11-13-34(33)40(3)18-19-45-5)36(44)42-16-14-28(15-17-42)26-6-8-27(9-7-26)31-23-38-41(4)24-31/h6-13,21-25,28H,14-20H2,1-5H3,(H,39,43). The summed E-state index contributed by atoms with van der Waals surface area (Å²) in [4.78, 5) is 35.4. The largest absolute Gasteiger partial charge is 0.383 e. The smallest absolute Gasteiger partial charge is 0.257 e. The average Bonchev–Trinajstić information content (AvgIpc) is 3.49. The maximum absolute atomic E-state index is 13.7. The van der Waals surface area contributed by atoms with Crippen LogP contribution in [0.15, 0.2) is 73.2 Å². The molecule has 5 rings (SSSR count). The first-order valence-corrected chi connectivity index (χ1v) is 15.7. The third-order valence-corrected chi connectivity index (χ3v) is 8.44. The van der Waals surface area contributed by atoms with Gasteiger partial charge in [0.2, 0.25) is 0 Å². The van der Waals surface area contributed by atoms with Crippen molar-refractivity contribution in [3.63, 3.8) is 0 Å². The van der Waals surface area contributed by atoms with Crippen LogP contribution in [0.1, 0.15) is 64.6 Å². The third kappa shape index (κ3) is 7.97. The summed E-state index contributed by atoms with van der Waals surface area (Å²) in [6, 6.07) is 18.0. The fourth-order valence-electron chi connectivity index (χ4n) is 5.86. The quantitative estimate of drug-likeness (QED) is 0.223. The number of carbonyl (C=O) groups is 2. The van der Waals surface area contributed by atoms with Gasteiger partial charge in [0.05, 0.1) is 29.7 Å². The first kappa shape index (κ1) is 31.9. The third-order valence-electron chi connectivity index (χ3n) is 8.44. The van der Waals surface area contributed by atoms with E-state index in [4.69, 9.17) is 4.74 Å². The number of hydrogen-bond donors (Lipinski definition) is 1. The highest BCUT2D eigenvalue weighted by molar-refractivity contribution is 6.07. The zero-order valence-corrected chi connectivity index (χ0v) is 27.0. The number of rotatable bonds is 11. The SMILES string of the molecule is COCCN(C)c1ccc(C(=O)N2CCC(c3ccc(-c4cnn(C)c4)cc3)CC2)cc1NC(=O)c1ccc(CC(C)C)nc1. The molecule has 0 atom stereocenters. The predicted molar refractivity (Wildman–Crippen MR) is 179 cm³/mol. The molecule has 1 N–H and O–H groups in total. The predicted octanol–water partition coefficient (Wildman–Crippen LogP) is 6.04. The van der Waals surface area contributed by atoms with Gasteiger partial charge in [0.1, 0.15) is 0 Å². The van der Waals surface area contributed by atoms with E-state index < -0.39 is 0 Å². The summed E-state index contributed by atoms with van der Waals surface area (Å²) in [5, 5.41) is 7.32. The molecule has 4 aromatic rings. The number of aryl methyl sites for hydroxylation is 1. The van der Waals surface area contributed by atoms with E-state index in [0.29, 0.717) is 54.9 Å². The van der Waals surface area contributed by atoms with Crippen molar-refractivity contribution in [3.05, 3.63) is 95.6 Å². The number of likely N-dealkylation sites (N-methyl/N-ethyl adjacent to an activating group) is 1. The lowest BCUT2D eigenvalue weighted by Gasteiger charge is -2.32. The van der Waals surface area contributed by atoms with Crippen LogP contribution in [0.2, 0.25) is 0 Å². The Kier molecular flexibility index (Phi) is 10.3. The van der Waals surface area contributed by atoms with Crippen molar-refractivity contribution in [1.29, 1.82) is 0 Å². The van der Waals surface area contributed by atoms with Crippen molar-refractivity contribution in [1.82, 2.24) is 19.7 Å². The minimum Gasteiger partial charge on any atom is -0.383 e. The number of pyridine rings is 1. The number of ether oxygens (including phenoxy) is 1. The number of methoxy groups -OCH3 is 1. The van der Waals surface area contributed by atoms with Crippen molar-refractivity contribution in [3.8, 4) is 11.1 Å². The summed E-state index contributed by atoms with van der Waals surface area (Å²) in [6.45, 7) is 6.81. The minimum absolute atomic E-state index is 0.0262. The summed E-state index contributed by atoms with van der Waals surface area (Å²) < 4.78 is 7.08. The number of carbonyl (C=O) groups excluding carboxylic acids is 2. The van der Waals surface area contributed by atoms with Crippen molar-refractivity contribution in [2.75, 3.05) is 50.6 Å². The van der Waals surface area contributed by atoms with Crippen LogP contribution < -0.4 is 10.2 Å². The van der Waals surface area contributed by atoms with Gasteiger partial charge in [-0.2, -0.15) is 5.10 Å². The van der Waals surface area contributed by atoms with Crippen LogP contribution in [0.3, 0.4) is 0 Å². The molecule has 9 heteroatoms. The molecule has 0 unspecified atom stereocenters. The molecular formula is C36H44N6O3. The van der Waals surface area contributed by atoms with Gasteiger partial charge < -0.3 is 19.9 Å². The average molecular weight is 609 g/mol. The molecule has 0 bridgehead atoms. The number of hydrogen-bond acceptors (Lipinski definition) is 6. The highest BCUT2D eigenvalue weighted by Gasteiger charge is 2.26. The highest BCUT2D eigenvalue weighted by Crippen LogP contribution is 2.32. The molecule has 9 nitrogen and oxygen atoms in total. The van der Waals surface area contributed by atoms with Crippen LogP contribution in [-0.4, -0.2) is 71.9 Å². The maximum atomic E-state index is 13.7. The normalized spacial score (nSPS) is 13.7. The van der Waals surface area contributed by atoms with E-state index in [1.165, 1.54) is 5.56 Å². The molecule has 236 valence electrons. The molecule has 2 amide bonds. The molecule has 1 aliphatic rings. The topological polar surface area (TPSA) is 92.6 Å². The second-order valence-corrected chi connectivity index (χ2v) is 12.3. The van der Waals surface area contributed by atoms with Crippen LogP contribution in [0, 0.1) is 5.92 Å². The van der Waals surface area contributed by atoms with E-state index in [1.807, 2.05) is 59.2 Å². The molecule has 2 aromatic heterocycles. The first-order chi connectivity index (χ1) is 21.7. The van der Waals surface area contributed by atoms with Crippen LogP contribution in [0.25, 0.3) is 11.1 Å². The van der Waals surface area contributed by atoms with Gasteiger partial charge >= 0.3 is 0 Å². The summed E-state index contributed by atoms with van der Waals surface area (Å²) in [6.07, 6.45) is 8.17. The lowest BCUT2D eigenvalue weighted by Crippen LogP contribution is -2.38. The number of benzene rings is 2. The summed E-state index contributed by atoms with van der Waals surface area (Å²) in [7, 11) is 5.53. The number of amides is 2. The molecule has 2 aromatic carbocycles. The molecule has 1 fully saturated rings. The Hall–Kier alpha value is -4.50. The summed E-state index contributed by atoms with van der Waals surface area (Å²) in [5.74, 6) is 0.601. The maximum Gasteiger partial charge on any atom is 0.257 e. The fourth-order valence-corrected chi connectivity index (χ4v) is 5.86. The number of piperidine rings is 1. The lowest BCUT2D eigenvalue weighted by atomic mass is 9.88. The number of aromatic nitrogens is 3. The Balaban J connectivity index is 1.27. The zero-order chi connectivity index (χ0) is 31.9. The molecule has 1 aliphatic heterocycles. The molecule has 0 saturated carbocycles. The summed E-state index contributed by atoms with van der Waals surface area (Å²) in [5.41, 5.74) is 6.94. The summed E-state index contributed by atoms with van der Waals surface area (Å²) >= 11 is 0. The van der Waals surface area contributed by atoms with Gasteiger partial charge in [0.25, 0.3) is 11.8 Å². The van der Waals surface area contributed by atoms with Gasteiger partial charge in [0, 0.05) is 70.1 Å². The van der Waals surface area contributed by atoms with E-state index in [-0.39, 0.29) is 11.8 Å². The molecule has 0 aliphatic carbocycles. The molecule has 1 saturated heterocycles. The zero-order valence-electron chi connectivity index (χ0n) is 27.0. The first-order valence-electron chi connectivity index (χ1n) is 15.7. The molecule has 45 heavy (non-hydrogen) atoms. The monoisotopic (exact) mass is 608 g/mol. The van der Waals surface area contributed by atoms with Crippen LogP contribution in [-0.2, 0) is 18.2 Å². The van der Waals surface area contributed by atoms with Crippen LogP contribution in [0.4, 0.5) is 11.4 Å². The van der Waals surface area contributed by atoms with Crippen molar-refractivity contribution in [2.24, 2.45) is 13.0 Å². The van der Waals surface area contributed by atoms with Gasteiger partial charge in [-0.3, -0.25) is 19.3 Å². The molecular weight excluding hydrogens is 564 g/mol. The Morgan fingerprint density at radius 1 is 1.00 bits per heavy atom. The van der Waals surface area contributed by atoms with Crippen LogP contribution in [0.5, 0.6) is 0 Å². The number of anilines is 2. The van der Waals surface area contributed by atoms with Gasteiger partial charge in [0.15, 0.2) is 0 Å². The Morgan fingerprint density at radius 2 is 1.73 bits per heavy atom. The Labute approximate surface area is 266 Å². The second kappa shape index (κ2) is 14.5. The van der Waals surface area contributed by atoms with E-state index in [9.17, 15) is 9.59 Å². The van der Waals surface area contributed by atoms with Crippen LogP contribution >= 0.6 is 0 Å². The van der Waals surface area contributed by atoms with Gasteiger partial charge in [-0.05, 0) is 72.6 Å². The fraction of sp³-hybridized carbons (Fsp3) is 0.389. The molecule has 0 radical (unpaired) electrons. The van der Waals surface area contributed by atoms with Crippen molar-refractivity contribution < 1.29 is 14.3 Å². The van der Waals surface area contributed by atoms with Gasteiger partial charge in [-0.1, -0.05) is 38.1 Å². The van der Waals surface area contributed by atoms with E-state index in [1.54, 1.807) is 25.4 Å².